The molecular weight excluding hydrogens is 444 g/mol. The number of rotatable bonds is 0. The molecule has 5 heteroatoms. The van der Waals surface area contributed by atoms with Crippen LogP contribution in [0.4, 0.5) is 0 Å². The third-order valence-electron chi connectivity index (χ3n) is 1.43. The lowest BCUT2D eigenvalue weighted by molar-refractivity contribution is 1.42. The monoisotopic (exact) mass is 446 g/mol. The molecule has 0 radical (unpaired) electrons. The van der Waals surface area contributed by atoms with Crippen molar-refractivity contribution in [2.75, 3.05) is 0 Å². The highest BCUT2D eigenvalue weighted by molar-refractivity contribution is 14.1. The van der Waals surface area contributed by atoms with Gasteiger partial charge in [0.05, 0.1) is 22.2 Å². The first kappa shape index (κ1) is 11.6. The predicted molar refractivity (Wildman–Crippen MR) is 71.6 cm³/mol. The van der Waals surface area contributed by atoms with E-state index >= 15 is 0 Å². The maximum absolute atomic E-state index is 5.98. The van der Waals surface area contributed by atoms with Crippen LogP contribution in [-0.2, 0) is 0 Å². The Hall–Kier alpha value is 1.55. The zero-order valence-corrected chi connectivity index (χ0v) is 12.5. The molecule has 0 aliphatic carbocycles. The molecule has 0 bridgehead atoms. The van der Waals surface area contributed by atoms with Gasteiger partial charge in [-0.1, -0.05) is 34.8 Å². The summed E-state index contributed by atoms with van der Waals surface area (Å²) in [5.74, 6) is 0. The van der Waals surface area contributed by atoms with E-state index < -0.39 is 0 Å². The van der Waals surface area contributed by atoms with Gasteiger partial charge in [0.15, 0.2) is 0 Å². The molecule has 12 heavy (non-hydrogen) atoms. The highest BCUT2D eigenvalue weighted by atomic mass is 127. The van der Waals surface area contributed by atoms with Crippen LogP contribution < -0.4 is 0 Å². The summed E-state index contributed by atoms with van der Waals surface area (Å²) in [4.78, 5) is 0. The van der Waals surface area contributed by atoms with Crippen molar-refractivity contribution < 1.29 is 0 Å². The van der Waals surface area contributed by atoms with Gasteiger partial charge in [0.25, 0.3) is 0 Å². The Labute approximate surface area is 113 Å². The van der Waals surface area contributed by atoms with Crippen LogP contribution in [0.1, 0.15) is 5.56 Å². The summed E-state index contributed by atoms with van der Waals surface area (Å²) in [6.07, 6.45) is 0. The van der Waals surface area contributed by atoms with E-state index in [1.54, 1.807) is 0 Å². The second-order valence-electron chi connectivity index (χ2n) is 2.19. The zero-order chi connectivity index (χ0) is 9.46. The quantitative estimate of drug-likeness (QED) is 0.293. The van der Waals surface area contributed by atoms with Crippen LogP contribution in [0.2, 0.25) is 15.1 Å². The van der Waals surface area contributed by atoms with Crippen LogP contribution >= 0.6 is 80.0 Å². The Morgan fingerprint density at radius 1 is 0.833 bits per heavy atom. The highest BCUT2D eigenvalue weighted by Gasteiger charge is 2.14. The molecular formula is C7H3Cl3I2. The average molecular weight is 447 g/mol. The van der Waals surface area contributed by atoms with Crippen LogP contribution in [0.15, 0.2) is 0 Å². The van der Waals surface area contributed by atoms with Gasteiger partial charge >= 0.3 is 0 Å². The van der Waals surface area contributed by atoms with Crippen molar-refractivity contribution in [3.05, 3.63) is 27.8 Å². The topological polar surface area (TPSA) is 0 Å². The van der Waals surface area contributed by atoms with Crippen molar-refractivity contribution in [2.24, 2.45) is 0 Å². The van der Waals surface area contributed by atoms with E-state index in [4.69, 9.17) is 34.8 Å². The van der Waals surface area contributed by atoms with Crippen LogP contribution in [0.25, 0.3) is 0 Å². The fourth-order valence-electron chi connectivity index (χ4n) is 0.715. The van der Waals surface area contributed by atoms with E-state index in [0.29, 0.717) is 15.1 Å². The van der Waals surface area contributed by atoms with Gasteiger partial charge in [0.1, 0.15) is 0 Å². The van der Waals surface area contributed by atoms with Crippen molar-refractivity contribution >= 4 is 80.0 Å². The first-order chi connectivity index (χ1) is 5.46. The third-order valence-corrected chi connectivity index (χ3v) is 6.19. The standard InChI is InChI=1S/C7H3Cl3I2/c1-2-3(8)6(11)5(10)7(12)4(2)9/h1H3. The molecule has 66 valence electrons. The summed E-state index contributed by atoms with van der Waals surface area (Å²) in [6, 6.07) is 0. The third kappa shape index (κ3) is 1.97. The smallest absolute Gasteiger partial charge is 0.0703 e. The summed E-state index contributed by atoms with van der Waals surface area (Å²) >= 11 is 22.2. The van der Waals surface area contributed by atoms with Crippen LogP contribution in [0.3, 0.4) is 0 Å². The Morgan fingerprint density at radius 2 is 1.17 bits per heavy atom. The molecule has 0 heterocycles. The van der Waals surface area contributed by atoms with Crippen molar-refractivity contribution in [1.29, 1.82) is 0 Å². The van der Waals surface area contributed by atoms with Gasteiger partial charge in [-0.15, -0.1) is 0 Å². The SMILES string of the molecule is Cc1c(Cl)c(I)c(Cl)c(I)c1Cl. The number of hydrogen-bond acceptors (Lipinski definition) is 0. The first-order valence-electron chi connectivity index (χ1n) is 2.94. The Bertz CT molecular complexity index is 231. The molecule has 0 saturated heterocycles. The molecule has 0 aliphatic rings. The number of halogens is 5. The maximum Gasteiger partial charge on any atom is 0.0703 e. The minimum atomic E-state index is 0.636. The predicted octanol–water partition coefficient (Wildman–Crippen LogP) is 5.16. The normalized spacial score (nSPS) is 10.5. The summed E-state index contributed by atoms with van der Waals surface area (Å²) in [6.45, 7) is 1.88. The molecule has 0 unspecified atom stereocenters. The summed E-state index contributed by atoms with van der Waals surface area (Å²) < 4.78 is 1.73. The molecule has 0 nitrogen and oxygen atoms in total. The highest BCUT2D eigenvalue weighted by Crippen LogP contribution is 2.38. The summed E-state index contributed by atoms with van der Waals surface area (Å²) in [7, 11) is 0. The van der Waals surface area contributed by atoms with Crippen molar-refractivity contribution in [1.82, 2.24) is 0 Å². The minimum absolute atomic E-state index is 0.636. The molecule has 0 aromatic heterocycles. The molecule has 0 N–H and O–H groups in total. The Balaban J connectivity index is 3.60. The van der Waals surface area contributed by atoms with Gasteiger partial charge in [-0.05, 0) is 57.7 Å². The van der Waals surface area contributed by atoms with Gasteiger partial charge in [0, 0.05) is 0 Å². The molecule has 0 spiro atoms. The van der Waals surface area contributed by atoms with Crippen molar-refractivity contribution in [3.63, 3.8) is 0 Å². The lowest BCUT2D eigenvalue weighted by Gasteiger charge is -2.08. The summed E-state index contributed by atoms with van der Waals surface area (Å²) in [5.41, 5.74) is 0.886. The molecule has 0 amide bonds. The molecule has 1 aromatic rings. The Kier molecular flexibility index (Phi) is 4.24. The van der Waals surface area contributed by atoms with Gasteiger partial charge in [-0.2, -0.15) is 0 Å². The molecule has 0 saturated carbocycles. The second-order valence-corrected chi connectivity index (χ2v) is 5.49. The molecule has 1 aromatic carbocycles. The Morgan fingerprint density at radius 3 is 1.50 bits per heavy atom. The van der Waals surface area contributed by atoms with Gasteiger partial charge in [-0.3, -0.25) is 0 Å². The minimum Gasteiger partial charge on any atom is -0.0828 e. The summed E-state index contributed by atoms with van der Waals surface area (Å²) in [5, 5.41) is 1.92. The fraction of sp³-hybridized carbons (Fsp3) is 0.143. The fourth-order valence-corrected chi connectivity index (χ4v) is 3.29. The van der Waals surface area contributed by atoms with E-state index in [9.17, 15) is 0 Å². The van der Waals surface area contributed by atoms with Crippen molar-refractivity contribution in [3.8, 4) is 0 Å². The largest absolute Gasteiger partial charge is 0.0828 e. The van der Waals surface area contributed by atoms with E-state index in [1.165, 1.54) is 0 Å². The van der Waals surface area contributed by atoms with Gasteiger partial charge in [0.2, 0.25) is 0 Å². The first-order valence-corrected chi connectivity index (χ1v) is 6.24. The van der Waals surface area contributed by atoms with Gasteiger partial charge in [-0.25, -0.2) is 0 Å². The van der Waals surface area contributed by atoms with E-state index in [2.05, 4.69) is 45.2 Å². The molecule has 0 aliphatic heterocycles. The van der Waals surface area contributed by atoms with E-state index in [0.717, 1.165) is 12.7 Å². The van der Waals surface area contributed by atoms with Crippen LogP contribution in [0, 0.1) is 14.1 Å². The lowest BCUT2D eigenvalue weighted by Crippen LogP contribution is -1.89. The number of benzene rings is 1. The lowest BCUT2D eigenvalue weighted by atomic mass is 10.2. The molecule has 0 atom stereocenters. The average Bonchev–Trinajstić information content (AvgIpc) is 2.08. The molecule has 1 rings (SSSR count). The van der Waals surface area contributed by atoms with Crippen LogP contribution in [0.5, 0.6) is 0 Å². The second kappa shape index (κ2) is 4.38. The maximum atomic E-state index is 5.98. The van der Waals surface area contributed by atoms with E-state index in [-0.39, 0.29) is 0 Å². The number of hydrogen-bond donors (Lipinski definition) is 0. The van der Waals surface area contributed by atoms with E-state index in [1.807, 2.05) is 6.92 Å². The zero-order valence-electron chi connectivity index (χ0n) is 5.89. The van der Waals surface area contributed by atoms with Crippen molar-refractivity contribution in [2.45, 2.75) is 6.92 Å². The molecule has 0 fully saturated rings. The van der Waals surface area contributed by atoms with Crippen LogP contribution in [-0.4, -0.2) is 0 Å². The van der Waals surface area contributed by atoms with Gasteiger partial charge < -0.3 is 0 Å².